The maximum absolute atomic E-state index is 12.9. The van der Waals surface area contributed by atoms with Gasteiger partial charge in [0.05, 0.1) is 12.7 Å². The van der Waals surface area contributed by atoms with Gasteiger partial charge in [-0.1, -0.05) is 77.1 Å². The number of rotatable bonds is 5. The highest BCUT2D eigenvalue weighted by atomic mass is 16.5. The summed E-state index contributed by atoms with van der Waals surface area (Å²) in [6, 6.07) is 9.99. The van der Waals surface area contributed by atoms with E-state index in [1.807, 2.05) is 36.4 Å². The summed E-state index contributed by atoms with van der Waals surface area (Å²) >= 11 is 0. The van der Waals surface area contributed by atoms with Gasteiger partial charge in [-0.25, -0.2) is 4.79 Å². The largest absolute Gasteiger partial charge is 0.462 e. The number of hydrogen-bond acceptors (Lipinski definition) is 3. The summed E-state index contributed by atoms with van der Waals surface area (Å²) in [6.45, 7) is 20.0. The summed E-state index contributed by atoms with van der Waals surface area (Å²) in [7, 11) is 0. The Labute approximate surface area is 255 Å². The van der Waals surface area contributed by atoms with Crippen LogP contribution in [0.5, 0.6) is 0 Å². The summed E-state index contributed by atoms with van der Waals surface area (Å²) in [5.41, 5.74) is 3.26. The third-order valence-corrected chi connectivity index (χ3v) is 14.9. The fourth-order valence-electron chi connectivity index (χ4n) is 12.5. The smallest absolute Gasteiger partial charge is 0.330 e. The van der Waals surface area contributed by atoms with Gasteiger partial charge in [0, 0.05) is 11.5 Å². The minimum absolute atomic E-state index is 0.0108. The molecule has 1 aromatic carbocycles. The van der Waals surface area contributed by atoms with E-state index in [0.29, 0.717) is 47.0 Å². The number of fused-ring (bicyclic) bond motifs is 7. The Hall–Kier alpha value is -1.87. The van der Waals surface area contributed by atoms with Gasteiger partial charge >= 0.3 is 5.97 Å². The average Bonchev–Trinajstić information content (AvgIpc) is 3.34. The molecule has 10 atom stereocenters. The number of aliphatic hydroxyl groups excluding tert-OH is 1. The molecule has 0 bridgehead atoms. The highest BCUT2D eigenvalue weighted by Gasteiger charge is 2.70. The fourth-order valence-corrected chi connectivity index (χ4v) is 12.5. The van der Waals surface area contributed by atoms with E-state index in [1.54, 1.807) is 6.08 Å². The molecule has 5 fully saturated rings. The van der Waals surface area contributed by atoms with Crippen molar-refractivity contribution in [1.82, 2.24) is 0 Å². The quantitative estimate of drug-likeness (QED) is 0.217. The molecule has 0 aliphatic heterocycles. The number of hydrogen-bond donors (Lipinski definition) is 1. The minimum Gasteiger partial charge on any atom is -0.462 e. The van der Waals surface area contributed by atoms with Crippen molar-refractivity contribution in [3.8, 4) is 0 Å². The highest BCUT2D eigenvalue weighted by molar-refractivity contribution is 5.87. The van der Waals surface area contributed by atoms with Crippen molar-refractivity contribution in [2.75, 3.05) is 6.61 Å². The second-order valence-corrected chi connectivity index (χ2v) is 16.8. The number of esters is 1. The highest BCUT2D eigenvalue weighted by Crippen LogP contribution is 2.77. The van der Waals surface area contributed by atoms with Crippen LogP contribution in [0.1, 0.15) is 111 Å². The van der Waals surface area contributed by atoms with E-state index in [2.05, 4.69) is 48.1 Å². The van der Waals surface area contributed by atoms with Crippen molar-refractivity contribution in [2.24, 2.45) is 56.7 Å². The Morgan fingerprint density at radius 1 is 0.905 bits per heavy atom. The molecule has 1 aromatic rings. The van der Waals surface area contributed by atoms with Crippen LogP contribution in [0.25, 0.3) is 6.08 Å². The zero-order chi connectivity index (χ0) is 30.1. The molecule has 0 saturated heterocycles. The van der Waals surface area contributed by atoms with Crippen LogP contribution < -0.4 is 0 Å². The van der Waals surface area contributed by atoms with Gasteiger partial charge in [-0.3, -0.25) is 0 Å². The number of aliphatic hydroxyl groups is 1. The van der Waals surface area contributed by atoms with Crippen LogP contribution in [-0.2, 0) is 9.53 Å². The first-order valence-electron chi connectivity index (χ1n) is 17.0. The van der Waals surface area contributed by atoms with Crippen molar-refractivity contribution >= 4 is 12.0 Å². The van der Waals surface area contributed by atoms with Crippen LogP contribution in [0.4, 0.5) is 0 Å². The summed E-state index contributed by atoms with van der Waals surface area (Å²) in [5.74, 6) is 2.76. The number of allylic oxidation sites excluding steroid dienone is 1. The van der Waals surface area contributed by atoms with Gasteiger partial charge in [0.1, 0.15) is 0 Å². The number of ether oxygens (including phenoxy) is 1. The van der Waals surface area contributed by atoms with E-state index in [9.17, 15) is 9.90 Å². The van der Waals surface area contributed by atoms with Gasteiger partial charge in [-0.15, -0.1) is 0 Å². The van der Waals surface area contributed by atoms with Crippen molar-refractivity contribution in [3.63, 3.8) is 0 Å². The third-order valence-electron chi connectivity index (χ3n) is 14.9. The molecule has 0 aromatic heterocycles. The molecule has 0 heterocycles. The first-order chi connectivity index (χ1) is 19.8. The standard InChI is InChI=1S/C39H56O3/c1-26(2)28-17-22-39(25-42-33(41)16-13-27-11-9-8-10-12-27)24-23-37(6)29(34(28)39)14-15-31-36(5)20-19-32(40)35(3,4)30(36)18-21-38(31,37)7/h8-13,16,28-32,34,40H,1,14-15,17-25H2,2-7H3/t28-,29?,30?,31?,32-,34?,36-,37+,38+,39+/m0/s1. The van der Waals surface area contributed by atoms with Crippen LogP contribution in [0.15, 0.2) is 48.6 Å². The van der Waals surface area contributed by atoms with Crippen molar-refractivity contribution < 1.29 is 14.6 Å². The predicted molar refractivity (Wildman–Crippen MR) is 171 cm³/mol. The monoisotopic (exact) mass is 572 g/mol. The predicted octanol–water partition coefficient (Wildman–Crippen LogP) is 9.26. The average molecular weight is 573 g/mol. The van der Waals surface area contributed by atoms with Crippen LogP contribution in [0.2, 0.25) is 0 Å². The molecule has 3 heteroatoms. The van der Waals surface area contributed by atoms with Crippen LogP contribution in [0.3, 0.4) is 0 Å². The van der Waals surface area contributed by atoms with Gasteiger partial charge in [-0.2, -0.15) is 0 Å². The molecular weight excluding hydrogens is 516 g/mol. The lowest BCUT2D eigenvalue weighted by Gasteiger charge is -2.73. The molecule has 3 nitrogen and oxygen atoms in total. The molecular formula is C39H56O3. The number of carbonyl (C=O) groups is 1. The molecule has 230 valence electrons. The number of benzene rings is 1. The lowest BCUT2D eigenvalue weighted by atomic mass is 9.32. The zero-order valence-electron chi connectivity index (χ0n) is 27.3. The molecule has 0 amide bonds. The van der Waals surface area contributed by atoms with Crippen LogP contribution in [-0.4, -0.2) is 23.8 Å². The van der Waals surface area contributed by atoms with E-state index in [1.165, 1.54) is 44.1 Å². The Bertz CT molecular complexity index is 1230. The van der Waals surface area contributed by atoms with Crippen molar-refractivity contribution in [1.29, 1.82) is 0 Å². The lowest BCUT2D eigenvalue weighted by molar-refractivity contribution is -0.249. The topological polar surface area (TPSA) is 46.5 Å². The second kappa shape index (κ2) is 10.4. The Morgan fingerprint density at radius 2 is 1.64 bits per heavy atom. The molecule has 42 heavy (non-hydrogen) atoms. The number of carbonyl (C=O) groups excluding carboxylic acids is 1. The SMILES string of the molecule is C=C(C)[C@@H]1CC[C@]2(COC(=O)C=Cc3ccccc3)CC[C@]3(C)C(CCC4[C@@]5(C)CC[C@H](O)C(C)(C)C5CC[C@]43C)C12. The van der Waals surface area contributed by atoms with E-state index in [4.69, 9.17) is 4.74 Å². The van der Waals surface area contributed by atoms with Gasteiger partial charge in [0.25, 0.3) is 0 Å². The van der Waals surface area contributed by atoms with Crippen molar-refractivity contribution in [3.05, 3.63) is 54.1 Å². The molecule has 6 rings (SSSR count). The first kappa shape index (κ1) is 30.2. The van der Waals surface area contributed by atoms with E-state index in [0.717, 1.165) is 31.2 Å². The van der Waals surface area contributed by atoms with Crippen molar-refractivity contribution in [2.45, 2.75) is 112 Å². The molecule has 0 radical (unpaired) electrons. The Kier molecular flexibility index (Phi) is 7.44. The van der Waals surface area contributed by atoms with E-state index in [-0.39, 0.29) is 28.3 Å². The maximum atomic E-state index is 12.9. The Morgan fingerprint density at radius 3 is 2.36 bits per heavy atom. The summed E-state index contributed by atoms with van der Waals surface area (Å²) in [6.07, 6.45) is 15.2. The van der Waals surface area contributed by atoms with Gasteiger partial charge < -0.3 is 9.84 Å². The first-order valence-corrected chi connectivity index (χ1v) is 17.0. The summed E-state index contributed by atoms with van der Waals surface area (Å²) in [5, 5.41) is 11.0. The van der Waals surface area contributed by atoms with Crippen LogP contribution >= 0.6 is 0 Å². The Balaban J connectivity index is 1.27. The maximum Gasteiger partial charge on any atom is 0.330 e. The molecule has 0 spiro atoms. The summed E-state index contributed by atoms with van der Waals surface area (Å²) < 4.78 is 6.12. The molecule has 1 N–H and O–H groups in total. The third kappa shape index (κ3) is 4.33. The second-order valence-electron chi connectivity index (χ2n) is 16.8. The lowest BCUT2D eigenvalue weighted by Crippen LogP contribution is -2.66. The van der Waals surface area contributed by atoms with E-state index < -0.39 is 0 Å². The van der Waals surface area contributed by atoms with Gasteiger partial charge in [0.15, 0.2) is 0 Å². The molecule has 5 saturated carbocycles. The van der Waals surface area contributed by atoms with E-state index >= 15 is 0 Å². The van der Waals surface area contributed by atoms with Gasteiger partial charge in [-0.05, 0) is 134 Å². The van der Waals surface area contributed by atoms with Crippen LogP contribution in [0, 0.1) is 56.7 Å². The fraction of sp³-hybridized carbons (Fsp3) is 0.718. The molecule has 5 aliphatic rings. The van der Waals surface area contributed by atoms with Gasteiger partial charge in [0.2, 0.25) is 0 Å². The normalized spacial score (nSPS) is 45.8. The molecule has 5 aliphatic carbocycles. The zero-order valence-corrected chi connectivity index (χ0v) is 27.3. The molecule has 4 unspecified atom stereocenters. The minimum atomic E-state index is -0.219. The summed E-state index contributed by atoms with van der Waals surface area (Å²) in [4.78, 5) is 12.9.